The van der Waals surface area contributed by atoms with Crippen LogP contribution in [0.5, 0.6) is 0 Å². The van der Waals surface area contributed by atoms with Crippen LogP contribution in [0.2, 0.25) is 5.02 Å². The number of rotatable bonds is 6. The number of carbonyl (C=O) groups is 1. The van der Waals surface area contributed by atoms with Crippen molar-refractivity contribution < 1.29 is 9.63 Å². The molecule has 0 radical (unpaired) electrons. The van der Waals surface area contributed by atoms with E-state index in [2.05, 4.69) is 24.3 Å². The van der Waals surface area contributed by atoms with Crippen LogP contribution in [0.25, 0.3) is 0 Å². The lowest BCUT2D eigenvalue weighted by Crippen LogP contribution is -2.16. The van der Waals surface area contributed by atoms with Crippen LogP contribution in [0, 0.1) is 0 Å². The maximum absolute atomic E-state index is 11.8. The number of oxime groups is 1. The largest absolute Gasteiger partial charge is 0.386 e. The Morgan fingerprint density at radius 2 is 1.83 bits per heavy atom. The molecule has 2 rings (SSSR count). The Bertz CT molecular complexity index is 664. The molecular formula is C18H19ClN2O2. The van der Waals surface area contributed by atoms with Crippen LogP contribution in [-0.2, 0) is 9.63 Å². The van der Waals surface area contributed by atoms with Crippen molar-refractivity contribution in [1.29, 1.82) is 0 Å². The van der Waals surface area contributed by atoms with Crippen molar-refractivity contribution in [2.24, 2.45) is 5.16 Å². The normalized spacial score (nSPS) is 11.0. The van der Waals surface area contributed by atoms with Crippen LogP contribution in [0.3, 0.4) is 0 Å². The van der Waals surface area contributed by atoms with E-state index < -0.39 is 0 Å². The molecule has 0 aliphatic heterocycles. The molecule has 2 aromatic carbocycles. The summed E-state index contributed by atoms with van der Waals surface area (Å²) < 4.78 is 0. The number of nitrogens with one attached hydrogen (secondary N) is 1. The first-order chi connectivity index (χ1) is 11.0. The van der Waals surface area contributed by atoms with E-state index in [-0.39, 0.29) is 12.5 Å². The van der Waals surface area contributed by atoms with Crippen LogP contribution in [-0.4, -0.2) is 18.7 Å². The van der Waals surface area contributed by atoms with Crippen molar-refractivity contribution in [3.8, 4) is 0 Å². The van der Waals surface area contributed by atoms with Gasteiger partial charge in [-0.3, -0.25) is 4.79 Å². The summed E-state index contributed by atoms with van der Waals surface area (Å²) in [4.78, 5) is 16.7. The molecule has 1 N–H and O–H groups in total. The summed E-state index contributed by atoms with van der Waals surface area (Å²) in [5.74, 6) is 0.209. The second-order valence-electron chi connectivity index (χ2n) is 5.38. The predicted octanol–water partition coefficient (Wildman–Crippen LogP) is 4.45. The van der Waals surface area contributed by atoms with Crippen LogP contribution < -0.4 is 5.32 Å². The van der Waals surface area contributed by atoms with Gasteiger partial charge in [-0.1, -0.05) is 54.9 Å². The molecule has 0 aliphatic carbocycles. The van der Waals surface area contributed by atoms with E-state index in [9.17, 15) is 4.79 Å². The van der Waals surface area contributed by atoms with E-state index in [1.54, 1.807) is 12.1 Å². The van der Waals surface area contributed by atoms with Crippen molar-refractivity contribution in [1.82, 2.24) is 0 Å². The van der Waals surface area contributed by atoms with Crippen LogP contribution in [0.4, 0.5) is 5.69 Å². The number of nitrogens with zero attached hydrogens (tertiary/aromatic N) is 1. The van der Waals surface area contributed by atoms with Gasteiger partial charge in [0, 0.05) is 10.7 Å². The van der Waals surface area contributed by atoms with Gasteiger partial charge in [-0.25, -0.2) is 0 Å². The molecule has 0 aromatic heterocycles. The van der Waals surface area contributed by atoms with E-state index in [0.717, 1.165) is 11.3 Å². The topological polar surface area (TPSA) is 50.7 Å². The highest BCUT2D eigenvalue weighted by atomic mass is 35.5. The first-order valence-corrected chi connectivity index (χ1v) is 7.73. The number of hydrogen-bond donors (Lipinski definition) is 1. The molecule has 1 amide bonds. The fourth-order valence-corrected chi connectivity index (χ4v) is 2.02. The lowest BCUT2D eigenvalue weighted by atomic mass is 10.0. The van der Waals surface area contributed by atoms with Crippen molar-refractivity contribution in [3.05, 3.63) is 64.7 Å². The number of benzene rings is 2. The van der Waals surface area contributed by atoms with Crippen LogP contribution >= 0.6 is 11.6 Å². The van der Waals surface area contributed by atoms with Gasteiger partial charge in [-0.05, 0) is 41.3 Å². The molecule has 5 heteroatoms. The zero-order chi connectivity index (χ0) is 16.7. The summed E-state index contributed by atoms with van der Waals surface area (Å²) in [7, 11) is 0. The second-order valence-corrected chi connectivity index (χ2v) is 5.82. The first kappa shape index (κ1) is 17.0. The molecule has 0 bridgehead atoms. The first-order valence-electron chi connectivity index (χ1n) is 7.35. The van der Waals surface area contributed by atoms with E-state index in [4.69, 9.17) is 16.4 Å². The molecule has 0 aliphatic rings. The Hall–Kier alpha value is -2.33. The summed E-state index contributed by atoms with van der Waals surface area (Å²) in [5.41, 5.74) is 2.82. The highest BCUT2D eigenvalue weighted by Crippen LogP contribution is 2.17. The van der Waals surface area contributed by atoms with Crippen molar-refractivity contribution in [3.63, 3.8) is 0 Å². The Morgan fingerprint density at radius 3 is 2.43 bits per heavy atom. The Morgan fingerprint density at radius 1 is 1.17 bits per heavy atom. The monoisotopic (exact) mass is 330 g/mol. The van der Waals surface area contributed by atoms with Crippen molar-refractivity contribution >= 4 is 29.4 Å². The predicted molar refractivity (Wildman–Crippen MR) is 94.2 cm³/mol. The summed E-state index contributed by atoms with van der Waals surface area (Å²) in [6, 6.07) is 14.9. The highest BCUT2D eigenvalue weighted by Gasteiger charge is 2.03. The number of amides is 1. The lowest BCUT2D eigenvalue weighted by Gasteiger charge is -2.08. The molecule has 0 saturated carbocycles. The molecule has 0 saturated heterocycles. The van der Waals surface area contributed by atoms with Gasteiger partial charge in [0.25, 0.3) is 5.91 Å². The number of hydrogen-bond acceptors (Lipinski definition) is 3. The van der Waals surface area contributed by atoms with Gasteiger partial charge in [0.15, 0.2) is 6.61 Å². The fraction of sp³-hybridized carbons (Fsp3) is 0.222. The van der Waals surface area contributed by atoms with E-state index in [1.807, 2.05) is 36.4 Å². The Balaban J connectivity index is 1.77. The molecule has 2 aromatic rings. The standard InChI is InChI=1S/C18H19ClN2O2/c1-13(2)15-5-9-17(10-6-15)21-18(22)12-23-20-11-14-3-7-16(19)8-4-14/h3-11,13H,12H2,1-2H3,(H,21,22)/b20-11+. The van der Waals surface area contributed by atoms with Gasteiger partial charge in [-0.15, -0.1) is 0 Å². The van der Waals surface area contributed by atoms with Gasteiger partial charge in [-0.2, -0.15) is 0 Å². The van der Waals surface area contributed by atoms with Gasteiger partial charge in [0.2, 0.25) is 0 Å². The smallest absolute Gasteiger partial charge is 0.265 e. The minimum absolute atomic E-state index is 0.143. The highest BCUT2D eigenvalue weighted by molar-refractivity contribution is 6.30. The maximum atomic E-state index is 11.8. The quantitative estimate of drug-likeness (QED) is 0.628. The van der Waals surface area contributed by atoms with E-state index in [1.165, 1.54) is 11.8 Å². The summed E-state index contributed by atoms with van der Waals surface area (Å²) in [6.07, 6.45) is 1.53. The maximum Gasteiger partial charge on any atom is 0.265 e. The molecule has 4 nitrogen and oxygen atoms in total. The molecule has 23 heavy (non-hydrogen) atoms. The van der Waals surface area contributed by atoms with E-state index in [0.29, 0.717) is 10.9 Å². The zero-order valence-corrected chi connectivity index (χ0v) is 13.9. The molecule has 0 unspecified atom stereocenters. The van der Waals surface area contributed by atoms with Crippen LogP contribution in [0.1, 0.15) is 30.9 Å². The molecular weight excluding hydrogens is 312 g/mol. The van der Waals surface area contributed by atoms with Crippen LogP contribution in [0.15, 0.2) is 53.7 Å². The van der Waals surface area contributed by atoms with Gasteiger partial charge >= 0.3 is 0 Å². The summed E-state index contributed by atoms with van der Waals surface area (Å²) >= 11 is 5.79. The van der Waals surface area contributed by atoms with Gasteiger partial charge in [0.1, 0.15) is 0 Å². The lowest BCUT2D eigenvalue weighted by molar-refractivity contribution is -0.120. The Kier molecular flexibility index (Phi) is 6.18. The molecule has 120 valence electrons. The Labute approximate surface area is 141 Å². The molecule has 0 fully saturated rings. The summed E-state index contributed by atoms with van der Waals surface area (Å²) in [6.45, 7) is 4.11. The average molecular weight is 331 g/mol. The van der Waals surface area contributed by atoms with E-state index >= 15 is 0 Å². The third-order valence-electron chi connectivity index (χ3n) is 3.20. The fourth-order valence-electron chi connectivity index (χ4n) is 1.89. The molecule has 0 spiro atoms. The van der Waals surface area contributed by atoms with Gasteiger partial charge < -0.3 is 10.2 Å². The van der Waals surface area contributed by atoms with Crippen molar-refractivity contribution in [2.45, 2.75) is 19.8 Å². The van der Waals surface area contributed by atoms with Gasteiger partial charge in [0.05, 0.1) is 6.21 Å². The third-order valence-corrected chi connectivity index (χ3v) is 3.46. The van der Waals surface area contributed by atoms with Crippen molar-refractivity contribution in [2.75, 3.05) is 11.9 Å². The minimum atomic E-state index is -0.254. The second kappa shape index (κ2) is 8.34. The molecule has 0 heterocycles. The molecule has 0 atom stereocenters. The number of carbonyl (C=O) groups excluding carboxylic acids is 1. The summed E-state index contributed by atoms with van der Waals surface area (Å²) in [5, 5.41) is 7.18. The SMILES string of the molecule is CC(C)c1ccc(NC(=O)CO/N=C/c2ccc(Cl)cc2)cc1. The number of anilines is 1. The average Bonchev–Trinajstić information content (AvgIpc) is 2.54. The minimum Gasteiger partial charge on any atom is -0.386 e. The zero-order valence-electron chi connectivity index (χ0n) is 13.1. The number of halogens is 1. The third kappa shape index (κ3) is 5.75.